The van der Waals surface area contributed by atoms with Gasteiger partial charge in [-0.2, -0.15) is 5.10 Å². The largest absolute Gasteiger partial charge is 0.480 e. The molecule has 3 N–H and O–H groups in total. The lowest BCUT2D eigenvalue weighted by Crippen LogP contribution is -2.52. The molecule has 1 aromatic rings. The van der Waals surface area contributed by atoms with Gasteiger partial charge in [-0.1, -0.05) is 18.2 Å². The van der Waals surface area contributed by atoms with Crippen LogP contribution in [0.2, 0.25) is 0 Å². The summed E-state index contributed by atoms with van der Waals surface area (Å²) >= 11 is 1.60. The van der Waals surface area contributed by atoms with Crippen LogP contribution in [0.5, 0.6) is 0 Å². The molecule has 0 aliphatic heterocycles. The summed E-state index contributed by atoms with van der Waals surface area (Å²) < 4.78 is 0. The second-order valence-corrected chi connectivity index (χ2v) is 6.12. The van der Waals surface area contributed by atoms with Crippen molar-refractivity contribution < 1.29 is 9.90 Å². The van der Waals surface area contributed by atoms with E-state index in [2.05, 4.69) is 20.5 Å². The number of hydrogen-bond donors (Lipinski definition) is 3. The molecule has 0 aromatic carbocycles. The standard InChI is InChI=1S/C12H22N4O2S/c1-9(2)15-12(3,10(17)18)6-4-5-7-19-11-13-8-14-16-11/h8-9,15H,4-7H2,1-3H3,(H,17,18)(H,13,14,16). The van der Waals surface area contributed by atoms with E-state index in [-0.39, 0.29) is 6.04 Å². The third-order valence-corrected chi connectivity index (χ3v) is 3.75. The van der Waals surface area contributed by atoms with Crippen LogP contribution in [-0.2, 0) is 4.79 Å². The van der Waals surface area contributed by atoms with Gasteiger partial charge in [-0.15, -0.1) is 0 Å². The molecule has 0 amide bonds. The van der Waals surface area contributed by atoms with Crippen LogP contribution >= 0.6 is 11.8 Å². The number of carboxylic acid groups (broad SMARTS) is 1. The quantitative estimate of drug-likeness (QED) is 0.474. The highest BCUT2D eigenvalue weighted by molar-refractivity contribution is 7.99. The minimum absolute atomic E-state index is 0.157. The molecular weight excluding hydrogens is 264 g/mol. The van der Waals surface area contributed by atoms with Crippen molar-refractivity contribution in [3.8, 4) is 0 Å². The molecule has 0 spiro atoms. The first-order chi connectivity index (χ1) is 8.94. The van der Waals surface area contributed by atoms with Crippen LogP contribution in [0, 0.1) is 0 Å². The second-order valence-electron chi connectivity index (χ2n) is 5.03. The summed E-state index contributed by atoms with van der Waals surface area (Å²) in [5, 5.41) is 19.8. The van der Waals surface area contributed by atoms with Crippen molar-refractivity contribution in [2.24, 2.45) is 0 Å². The highest BCUT2D eigenvalue weighted by Crippen LogP contribution is 2.18. The van der Waals surface area contributed by atoms with Crippen molar-refractivity contribution in [1.29, 1.82) is 0 Å². The van der Waals surface area contributed by atoms with Gasteiger partial charge in [-0.05, 0) is 33.6 Å². The fourth-order valence-electron chi connectivity index (χ4n) is 1.89. The van der Waals surface area contributed by atoms with Gasteiger partial charge in [0, 0.05) is 11.8 Å². The average Bonchev–Trinajstić information content (AvgIpc) is 2.80. The number of unbranched alkanes of at least 4 members (excludes halogenated alkanes) is 1. The van der Waals surface area contributed by atoms with E-state index < -0.39 is 11.5 Å². The molecule has 0 aliphatic carbocycles. The number of nitrogens with one attached hydrogen (secondary N) is 2. The number of H-pyrrole nitrogens is 1. The molecule has 1 atom stereocenters. The number of aromatic nitrogens is 3. The van der Waals surface area contributed by atoms with Crippen LogP contribution in [0.4, 0.5) is 0 Å². The number of rotatable bonds is 9. The Morgan fingerprint density at radius 1 is 1.58 bits per heavy atom. The van der Waals surface area contributed by atoms with E-state index in [9.17, 15) is 9.90 Å². The Morgan fingerprint density at radius 3 is 2.84 bits per heavy atom. The van der Waals surface area contributed by atoms with Gasteiger partial charge in [0.2, 0.25) is 0 Å². The molecule has 6 nitrogen and oxygen atoms in total. The summed E-state index contributed by atoms with van der Waals surface area (Å²) in [6, 6.07) is 0.157. The smallest absolute Gasteiger partial charge is 0.323 e. The summed E-state index contributed by atoms with van der Waals surface area (Å²) in [4.78, 5) is 15.3. The maximum absolute atomic E-state index is 11.3. The molecule has 19 heavy (non-hydrogen) atoms. The molecule has 0 saturated heterocycles. The molecule has 0 bridgehead atoms. The van der Waals surface area contributed by atoms with Gasteiger partial charge >= 0.3 is 5.97 Å². The number of aliphatic carboxylic acids is 1. The Morgan fingerprint density at radius 2 is 2.32 bits per heavy atom. The SMILES string of the molecule is CC(C)NC(C)(CCCCSc1ncn[nH]1)C(=O)O. The van der Waals surface area contributed by atoms with E-state index in [4.69, 9.17) is 0 Å². The Hall–Kier alpha value is -1.08. The topological polar surface area (TPSA) is 90.9 Å². The highest BCUT2D eigenvalue weighted by atomic mass is 32.2. The lowest BCUT2D eigenvalue weighted by molar-refractivity contribution is -0.144. The van der Waals surface area contributed by atoms with Crippen molar-refractivity contribution in [2.45, 2.75) is 56.8 Å². The van der Waals surface area contributed by atoms with Gasteiger partial charge in [0.1, 0.15) is 11.9 Å². The number of aromatic amines is 1. The lowest BCUT2D eigenvalue weighted by atomic mass is 9.94. The number of thioether (sulfide) groups is 1. The maximum Gasteiger partial charge on any atom is 0.323 e. The number of carbonyl (C=O) groups is 1. The molecule has 108 valence electrons. The van der Waals surface area contributed by atoms with Crippen LogP contribution in [-0.4, -0.2) is 43.6 Å². The minimum atomic E-state index is -0.842. The third kappa shape index (κ3) is 5.61. The molecule has 0 aliphatic rings. The predicted octanol–water partition coefficient (Wildman–Crippen LogP) is 1.91. The molecule has 0 radical (unpaired) electrons. The first-order valence-corrected chi connectivity index (χ1v) is 7.42. The minimum Gasteiger partial charge on any atom is -0.480 e. The van der Waals surface area contributed by atoms with Crippen LogP contribution in [0.3, 0.4) is 0 Å². The zero-order valence-electron chi connectivity index (χ0n) is 11.6. The lowest BCUT2D eigenvalue weighted by Gasteiger charge is -2.28. The summed E-state index contributed by atoms with van der Waals surface area (Å²) in [6.45, 7) is 5.67. The van der Waals surface area contributed by atoms with Crippen LogP contribution in [0.25, 0.3) is 0 Å². The number of hydrogen-bond acceptors (Lipinski definition) is 5. The van der Waals surface area contributed by atoms with Crippen molar-refractivity contribution in [2.75, 3.05) is 5.75 Å². The van der Waals surface area contributed by atoms with Crippen molar-refractivity contribution >= 4 is 17.7 Å². The van der Waals surface area contributed by atoms with E-state index >= 15 is 0 Å². The fraction of sp³-hybridized carbons (Fsp3) is 0.750. The molecule has 0 saturated carbocycles. The second kappa shape index (κ2) is 7.49. The fourth-order valence-corrected chi connectivity index (χ4v) is 2.67. The average molecular weight is 286 g/mol. The van der Waals surface area contributed by atoms with Crippen LogP contribution in [0.1, 0.15) is 40.0 Å². The van der Waals surface area contributed by atoms with Gasteiger partial charge in [0.25, 0.3) is 0 Å². The monoisotopic (exact) mass is 286 g/mol. The predicted molar refractivity (Wildman–Crippen MR) is 75.3 cm³/mol. The summed E-state index contributed by atoms with van der Waals surface area (Å²) in [5.74, 6) is 0.121. The number of nitrogens with zero attached hydrogens (tertiary/aromatic N) is 2. The van der Waals surface area contributed by atoms with Crippen molar-refractivity contribution in [1.82, 2.24) is 20.5 Å². The van der Waals surface area contributed by atoms with E-state index in [1.807, 2.05) is 13.8 Å². The van der Waals surface area contributed by atoms with Crippen molar-refractivity contribution in [3.05, 3.63) is 6.33 Å². The first-order valence-electron chi connectivity index (χ1n) is 6.43. The van der Waals surface area contributed by atoms with Crippen LogP contribution < -0.4 is 5.32 Å². The Kier molecular flexibility index (Phi) is 6.30. The molecule has 1 rings (SSSR count). The zero-order chi connectivity index (χ0) is 14.3. The van der Waals surface area contributed by atoms with E-state index in [0.717, 1.165) is 23.8 Å². The van der Waals surface area contributed by atoms with Gasteiger partial charge in [0.05, 0.1) is 0 Å². The molecule has 0 fully saturated rings. The normalized spacial score (nSPS) is 14.5. The van der Waals surface area contributed by atoms with Gasteiger partial charge in [-0.25, -0.2) is 4.98 Å². The molecular formula is C12H22N4O2S. The van der Waals surface area contributed by atoms with E-state index in [1.54, 1.807) is 18.7 Å². The number of carboxylic acids is 1. The summed E-state index contributed by atoms with van der Waals surface area (Å²) in [5.41, 5.74) is -0.842. The first kappa shape index (κ1) is 16.0. The zero-order valence-corrected chi connectivity index (χ0v) is 12.5. The Bertz CT molecular complexity index is 383. The molecule has 1 aromatic heterocycles. The van der Waals surface area contributed by atoms with Gasteiger partial charge in [0.15, 0.2) is 5.16 Å². The Labute approximate surface area is 117 Å². The summed E-state index contributed by atoms with van der Waals surface area (Å²) in [6.07, 6.45) is 3.92. The Balaban J connectivity index is 2.26. The molecule has 1 heterocycles. The van der Waals surface area contributed by atoms with E-state index in [0.29, 0.717) is 6.42 Å². The molecule has 7 heteroatoms. The maximum atomic E-state index is 11.3. The third-order valence-electron chi connectivity index (χ3n) is 2.78. The van der Waals surface area contributed by atoms with Crippen LogP contribution in [0.15, 0.2) is 11.5 Å². The van der Waals surface area contributed by atoms with Gasteiger partial charge < -0.3 is 5.11 Å². The summed E-state index contributed by atoms with van der Waals surface area (Å²) in [7, 11) is 0. The molecule has 1 unspecified atom stereocenters. The van der Waals surface area contributed by atoms with Gasteiger partial charge in [-0.3, -0.25) is 15.2 Å². The van der Waals surface area contributed by atoms with Crippen molar-refractivity contribution in [3.63, 3.8) is 0 Å². The van der Waals surface area contributed by atoms with E-state index in [1.165, 1.54) is 6.33 Å². The highest BCUT2D eigenvalue weighted by Gasteiger charge is 2.32.